The van der Waals surface area contributed by atoms with Gasteiger partial charge in [0.05, 0.1) is 0 Å². The molecule has 78 valence electrons. The van der Waals surface area contributed by atoms with Gasteiger partial charge in [-0.25, -0.2) is 4.98 Å². The molecule has 0 fully saturated rings. The third-order valence-corrected chi connectivity index (χ3v) is 2.50. The molecule has 1 aromatic rings. The molecule has 1 N–H and O–H groups in total. The van der Waals surface area contributed by atoms with Crippen LogP contribution in [0.4, 0.5) is 5.82 Å². The molecule has 1 heterocycles. The summed E-state index contributed by atoms with van der Waals surface area (Å²) in [6.45, 7) is 5.18. The quantitative estimate of drug-likeness (QED) is 0.821. The topological polar surface area (TPSA) is 28.2 Å². The van der Waals surface area contributed by atoms with Gasteiger partial charge in [-0.1, -0.05) is 13.0 Å². The molecule has 0 saturated heterocycles. The standard InChI is InChI=1S/C10H16BrN3/c1-3-14(2)8-7-12-10-6-4-5-9(11)13-10/h4-6H,3,7-8H2,1-2H3,(H,12,13). The third-order valence-electron chi connectivity index (χ3n) is 2.05. The number of halogens is 1. The van der Waals surface area contributed by atoms with Crippen molar-refractivity contribution in [3.63, 3.8) is 0 Å². The van der Waals surface area contributed by atoms with Crippen LogP contribution >= 0.6 is 15.9 Å². The van der Waals surface area contributed by atoms with Crippen molar-refractivity contribution in [3.8, 4) is 0 Å². The van der Waals surface area contributed by atoms with Gasteiger partial charge in [0, 0.05) is 13.1 Å². The van der Waals surface area contributed by atoms with Gasteiger partial charge in [-0.05, 0) is 41.7 Å². The molecule has 0 bridgehead atoms. The van der Waals surface area contributed by atoms with E-state index in [9.17, 15) is 0 Å². The van der Waals surface area contributed by atoms with Crippen LogP contribution in [0.1, 0.15) is 6.92 Å². The molecule has 0 unspecified atom stereocenters. The zero-order chi connectivity index (χ0) is 10.4. The van der Waals surface area contributed by atoms with E-state index in [1.807, 2.05) is 18.2 Å². The summed E-state index contributed by atoms with van der Waals surface area (Å²) < 4.78 is 0.867. The molecule has 0 spiro atoms. The fourth-order valence-electron chi connectivity index (χ4n) is 1.04. The predicted molar refractivity (Wildman–Crippen MR) is 63.6 cm³/mol. The molecule has 0 radical (unpaired) electrons. The Hall–Kier alpha value is -0.610. The highest BCUT2D eigenvalue weighted by molar-refractivity contribution is 9.10. The van der Waals surface area contributed by atoms with Gasteiger partial charge in [-0.3, -0.25) is 0 Å². The zero-order valence-corrected chi connectivity index (χ0v) is 10.2. The van der Waals surface area contributed by atoms with E-state index in [-0.39, 0.29) is 0 Å². The highest BCUT2D eigenvalue weighted by Gasteiger charge is 1.96. The monoisotopic (exact) mass is 257 g/mol. The van der Waals surface area contributed by atoms with E-state index in [2.05, 4.69) is 45.1 Å². The number of rotatable bonds is 5. The largest absolute Gasteiger partial charge is 0.369 e. The molecule has 3 nitrogen and oxygen atoms in total. The number of likely N-dealkylation sites (N-methyl/N-ethyl adjacent to an activating group) is 1. The van der Waals surface area contributed by atoms with Crippen LogP contribution in [0.5, 0.6) is 0 Å². The second-order valence-electron chi connectivity index (χ2n) is 3.17. The zero-order valence-electron chi connectivity index (χ0n) is 8.63. The Balaban J connectivity index is 2.31. The van der Waals surface area contributed by atoms with E-state index >= 15 is 0 Å². The van der Waals surface area contributed by atoms with E-state index in [1.165, 1.54) is 0 Å². The highest BCUT2D eigenvalue weighted by atomic mass is 79.9. The van der Waals surface area contributed by atoms with Crippen LogP contribution in [-0.2, 0) is 0 Å². The summed E-state index contributed by atoms with van der Waals surface area (Å²) in [6.07, 6.45) is 0. The Kier molecular flexibility index (Phi) is 4.90. The number of nitrogens with zero attached hydrogens (tertiary/aromatic N) is 2. The summed E-state index contributed by atoms with van der Waals surface area (Å²) in [4.78, 5) is 6.54. The molecule has 1 rings (SSSR count). The SMILES string of the molecule is CCN(C)CCNc1cccc(Br)n1. The summed E-state index contributed by atoms with van der Waals surface area (Å²) in [5, 5.41) is 3.27. The Bertz CT molecular complexity index is 278. The van der Waals surface area contributed by atoms with Crippen molar-refractivity contribution < 1.29 is 0 Å². The molecular weight excluding hydrogens is 242 g/mol. The van der Waals surface area contributed by atoms with E-state index < -0.39 is 0 Å². The van der Waals surface area contributed by atoms with Crippen molar-refractivity contribution in [2.75, 3.05) is 32.0 Å². The Morgan fingerprint density at radius 2 is 2.29 bits per heavy atom. The van der Waals surface area contributed by atoms with Crippen LogP contribution < -0.4 is 5.32 Å². The van der Waals surface area contributed by atoms with Gasteiger partial charge < -0.3 is 10.2 Å². The van der Waals surface area contributed by atoms with Gasteiger partial charge in [0.2, 0.25) is 0 Å². The Labute approximate surface area is 93.7 Å². The van der Waals surface area contributed by atoms with Crippen LogP contribution in [0.2, 0.25) is 0 Å². The minimum atomic E-state index is 0.867. The van der Waals surface area contributed by atoms with Gasteiger partial charge in [-0.2, -0.15) is 0 Å². The van der Waals surface area contributed by atoms with Crippen LogP contribution in [-0.4, -0.2) is 36.6 Å². The lowest BCUT2D eigenvalue weighted by Gasteiger charge is -2.14. The molecule has 0 aliphatic carbocycles. The number of nitrogens with one attached hydrogen (secondary N) is 1. The van der Waals surface area contributed by atoms with E-state index in [0.29, 0.717) is 0 Å². The summed E-state index contributed by atoms with van der Waals surface area (Å²) in [5.74, 6) is 0.920. The molecule has 0 aromatic carbocycles. The molecule has 4 heteroatoms. The van der Waals surface area contributed by atoms with E-state index in [0.717, 1.165) is 30.1 Å². The lowest BCUT2D eigenvalue weighted by atomic mass is 10.4. The first-order valence-electron chi connectivity index (χ1n) is 4.77. The van der Waals surface area contributed by atoms with Crippen molar-refractivity contribution >= 4 is 21.7 Å². The fraction of sp³-hybridized carbons (Fsp3) is 0.500. The first-order chi connectivity index (χ1) is 6.72. The number of aromatic nitrogens is 1. The summed E-state index contributed by atoms with van der Waals surface area (Å²) in [7, 11) is 2.11. The molecular formula is C10H16BrN3. The van der Waals surface area contributed by atoms with Crippen molar-refractivity contribution in [1.82, 2.24) is 9.88 Å². The molecule has 1 aromatic heterocycles. The minimum absolute atomic E-state index is 0.867. The lowest BCUT2D eigenvalue weighted by molar-refractivity contribution is 0.367. The first kappa shape index (κ1) is 11.5. The Morgan fingerprint density at radius 1 is 1.50 bits per heavy atom. The maximum absolute atomic E-state index is 4.28. The second-order valence-corrected chi connectivity index (χ2v) is 3.98. The smallest absolute Gasteiger partial charge is 0.127 e. The van der Waals surface area contributed by atoms with Crippen molar-refractivity contribution in [3.05, 3.63) is 22.8 Å². The maximum atomic E-state index is 4.28. The van der Waals surface area contributed by atoms with Crippen LogP contribution in [0.25, 0.3) is 0 Å². The normalized spacial score (nSPS) is 10.6. The summed E-state index contributed by atoms with van der Waals surface area (Å²) >= 11 is 3.34. The number of anilines is 1. The molecule has 14 heavy (non-hydrogen) atoms. The average Bonchev–Trinajstić information content (AvgIpc) is 2.17. The molecule has 0 atom stereocenters. The van der Waals surface area contributed by atoms with Gasteiger partial charge in [0.25, 0.3) is 0 Å². The van der Waals surface area contributed by atoms with Crippen molar-refractivity contribution in [2.24, 2.45) is 0 Å². The molecule has 0 saturated carbocycles. The van der Waals surface area contributed by atoms with Crippen LogP contribution in [0.3, 0.4) is 0 Å². The molecule has 0 aliphatic heterocycles. The highest BCUT2D eigenvalue weighted by Crippen LogP contribution is 2.09. The van der Waals surface area contributed by atoms with E-state index in [1.54, 1.807) is 0 Å². The second kappa shape index (κ2) is 5.98. The third kappa shape index (κ3) is 4.07. The number of hydrogen-bond acceptors (Lipinski definition) is 3. The van der Waals surface area contributed by atoms with Gasteiger partial charge in [0.1, 0.15) is 10.4 Å². The fourth-order valence-corrected chi connectivity index (χ4v) is 1.38. The first-order valence-corrected chi connectivity index (χ1v) is 5.56. The van der Waals surface area contributed by atoms with Gasteiger partial charge >= 0.3 is 0 Å². The van der Waals surface area contributed by atoms with E-state index in [4.69, 9.17) is 0 Å². The lowest BCUT2D eigenvalue weighted by Crippen LogP contribution is -2.24. The van der Waals surface area contributed by atoms with Crippen LogP contribution in [0.15, 0.2) is 22.8 Å². The minimum Gasteiger partial charge on any atom is -0.369 e. The average molecular weight is 258 g/mol. The molecule has 0 amide bonds. The van der Waals surface area contributed by atoms with Crippen LogP contribution in [0, 0.1) is 0 Å². The Morgan fingerprint density at radius 3 is 2.93 bits per heavy atom. The summed E-state index contributed by atoms with van der Waals surface area (Å²) in [6, 6.07) is 5.86. The predicted octanol–water partition coefficient (Wildman–Crippen LogP) is 2.21. The van der Waals surface area contributed by atoms with Crippen molar-refractivity contribution in [1.29, 1.82) is 0 Å². The van der Waals surface area contributed by atoms with Gasteiger partial charge in [0.15, 0.2) is 0 Å². The summed E-state index contributed by atoms with van der Waals surface area (Å²) in [5.41, 5.74) is 0. The van der Waals surface area contributed by atoms with Crippen molar-refractivity contribution in [2.45, 2.75) is 6.92 Å². The molecule has 0 aliphatic rings. The maximum Gasteiger partial charge on any atom is 0.127 e. The number of hydrogen-bond donors (Lipinski definition) is 1. The number of pyridine rings is 1. The van der Waals surface area contributed by atoms with Gasteiger partial charge in [-0.15, -0.1) is 0 Å².